The van der Waals surface area contributed by atoms with Gasteiger partial charge in [0.2, 0.25) is 5.91 Å². The molecule has 5 heteroatoms. The van der Waals surface area contributed by atoms with Crippen molar-refractivity contribution in [3.05, 3.63) is 69.8 Å². The largest absolute Gasteiger partial charge is 0.326 e. The van der Waals surface area contributed by atoms with Crippen molar-refractivity contribution in [2.24, 2.45) is 0 Å². The fourth-order valence-electron chi connectivity index (χ4n) is 1.86. The monoisotopic (exact) mass is 280 g/mol. The van der Waals surface area contributed by atoms with E-state index in [1.807, 2.05) is 0 Å². The number of non-ortho nitro benzene ring substituents is 1. The Morgan fingerprint density at radius 3 is 2.71 bits per heavy atom. The summed E-state index contributed by atoms with van der Waals surface area (Å²) in [4.78, 5) is 22.1. The molecule has 0 saturated carbocycles. The van der Waals surface area contributed by atoms with Crippen molar-refractivity contribution in [1.82, 2.24) is 0 Å². The van der Waals surface area contributed by atoms with Crippen LogP contribution in [0.3, 0.4) is 0 Å². The number of nitro benzene ring substituents is 1. The SMILES string of the molecule is C#Cc1cccc(NC(=O)Cc2cccc([N+](=O)[O-])c2)c1. The minimum Gasteiger partial charge on any atom is -0.326 e. The zero-order valence-corrected chi connectivity index (χ0v) is 11.1. The highest BCUT2D eigenvalue weighted by molar-refractivity contribution is 5.92. The molecule has 0 bridgehead atoms. The Morgan fingerprint density at radius 2 is 2.00 bits per heavy atom. The summed E-state index contributed by atoms with van der Waals surface area (Å²) in [6, 6.07) is 12.9. The molecule has 2 aromatic carbocycles. The molecule has 0 aliphatic carbocycles. The zero-order chi connectivity index (χ0) is 15.2. The summed E-state index contributed by atoms with van der Waals surface area (Å²) in [7, 11) is 0. The van der Waals surface area contributed by atoms with E-state index in [2.05, 4.69) is 11.2 Å². The van der Waals surface area contributed by atoms with Crippen LogP contribution in [0, 0.1) is 22.5 Å². The molecule has 0 atom stereocenters. The first-order chi connectivity index (χ1) is 10.1. The molecule has 5 nitrogen and oxygen atoms in total. The molecule has 0 radical (unpaired) electrons. The van der Waals surface area contributed by atoms with E-state index in [1.54, 1.807) is 36.4 Å². The van der Waals surface area contributed by atoms with Crippen molar-refractivity contribution >= 4 is 17.3 Å². The molecule has 1 amide bonds. The van der Waals surface area contributed by atoms with Crippen LogP contribution in [0.25, 0.3) is 0 Å². The van der Waals surface area contributed by atoms with E-state index in [4.69, 9.17) is 6.42 Å². The van der Waals surface area contributed by atoms with Gasteiger partial charge in [-0.15, -0.1) is 6.42 Å². The molecule has 2 rings (SSSR count). The van der Waals surface area contributed by atoms with Gasteiger partial charge in [0.05, 0.1) is 11.3 Å². The van der Waals surface area contributed by atoms with Crippen molar-refractivity contribution in [3.8, 4) is 12.3 Å². The fraction of sp³-hybridized carbons (Fsp3) is 0.0625. The normalized spacial score (nSPS) is 9.67. The summed E-state index contributed by atoms with van der Waals surface area (Å²) >= 11 is 0. The maximum absolute atomic E-state index is 11.9. The van der Waals surface area contributed by atoms with E-state index in [0.29, 0.717) is 16.8 Å². The Morgan fingerprint density at radius 1 is 1.24 bits per heavy atom. The Labute approximate surface area is 121 Å². The van der Waals surface area contributed by atoms with Crippen LogP contribution in [0.2, 0.25) is 0 Å². The van der Waals surface area contributed by atoms with Gasteiger partial charge in [-0.05, 0) is 23.8 Å². The molecule has 0 unspecified atom stereocenters. The van der Waals surface area contributed by atoms with Gasteiger partial charge < -0.3 is 5.32 Å². The first kappa shape index (κ1) is 14.3. The summed E-state index contributed by atoms with van der Waals surface area (Å²) in [5.41, 5.74) is 1.81. The summed E-state index contributed by atoms with van der Waals surface area (Å²) in [5, 5.41) is 13.4. The number of rotatable bonds is 4. The van der Waals surface area contributed by atoms with Gasteiger partial charge in [0.1, 0.15) is 0 Å². The number of nitro groups is 1. The molecule has 1 N–H and O–H groups in total. The van der Waals surface area contributed by atoms with Crippen molar-refractivity contribution in [3.63, 3.8) is 0 Å². The zero-order valence-electron chi connectivity index (χ0n) is 11.1. The Balaban J connectivity index is 2.06. The topological polar surface area (TPSA) is 72.2 Å². The van der Waals surface area contributed by atoms with Crippen LogP contribution in [0.5, 0.6) is 0 Å². The second kappa shape index (κ2) is 6.35. The minimum atomic E-state index is -0.488. The highest BCUT2D eigenvalue weighted by atomic mass is 16.6. The summed E-state index contributed by atoms with van der Waals surface area (Å²) < 4.78 is 0. The van der Waals surface area contributed by atoms with Crippen molar-refractivity contribution in [2.45, 2.75) is 6.42 Å². The van der Waals surface area contributed by atoms with Crippen molar-refractivity contribution < 1.29 is 9.72 Å². The molecule has 0 aliphatic heterocycles. The average Bonchev–Trinajstić information content (AvgIpc) is 2.47. The number of carbonyl (C=O) groups excluding carboxylic acids is 1. The van der Waals surface area contributed by atoms with Crippen molar-refractivity contribution in [1.29, 1.82) is 0 Å². The number of amides is 1. The molecule has 104 valence electrons. The first-order valence-electron chi connectivity index (χ1n) is 6.18. The van der Waals surface area contributed by atoms with E-state index in [9.17, 15) is 14.9 Å². The van der Waals surface area contributed by atoms with Gasteiger partial charge in [-0.2, -0.15) is 0 Å². The number of nitrogens with one attached hydrogen (secondary N) is 1. The molecule has 0 fully saturated rings. The lowest BCUT2D eigenvalue weighted by atomic mass is 10.1. The molecular formula is C16H12N2O3. The van der Waals surface area contributed by atoms with E-state index < -0.39 is 4.92 Å². The highest BCUT2D eigenvalue weighted by Gasteiger charge is 2.09. The second-order valence-electron chi connectivity index (χ2n) is 4.38. The van der Waals surface area contributed by atoms with Gasteiger partial charge >= 0.3 is 0 Å². The maximum atomic E-state index is 11.9. The van der Waals surface area contributed by atoms with Crippen molar-refractivity contribution in [2.75, 3.05) is 5.32 Å². The van der Waals surface area contributed by atoms with Crippen LogP contribution < -0.4 is 5.32 Å². The molecule has 0 spiro atoms. The lowest BCUT2D eigenvalue weighted by molar-refractivity contribution is -0.384. The van der Waals surface area contributed by atoms with E-state index >= 15 is 0 Å². The van der Waals surface area contributed by atoms with Gasteiger partial charge in [0, 0.05) is 23.4 Å². The summed E-state index contributed by atoms with van der Waals surface area (Å²) in [5.74, 6) is 2.22. The van der Waals surface area contributed by atoms with E-state index in [0.717, 1.165) is 0 Å². The third kappa shape index (κ3) is 3.91. The van der Waals surface area contributed by atoms with E-state index in [-0.39, 0.29) is 18.0 Å². The minimum absolute atomic E-state index is 0.0328. The quantitative estimate of drug-likeness (QED) is 0.531. The maximum Gasteiger partial charge on any atom is 0.269 e. The molecule has 0 saturated heterocycles. The predicted molar refractivity (Wildman–Crippen MR) is 79.8 cm³/mol. The molecule has 0 aliphatic rings. The number of hydrogen-bond acceptors (Lipinski definition) is 3. The van der Waals surface area contributed by atoms with Crippen LogP contribution in [0.4, 0.5) is 11.4 Å². The number of carbonyl (C=O) groups is 1. The Bertz CT molecular complexity index is 732. The van der Waals surface area contributed by atoms with Gasteiger partial charge in [-0.3, -0.25) is 14.9 Å². The Kier molecular flexibility index (Phi) is 4.32. The first-order valence-corrected chi connectivity index (χ1v) is 6.18. The number of anilines is 1. The van der Waals surface area contributed by atoms with Crippen LogP contribution in [-0.2, 0) is 11.2 Å². The fourth-order valence-corrected chi connectivity index (χ4v) is 1.86. The molecule has 2 aromatic rings. The lowest BCUT2D eigenvalue weighted by Gasteiger charge is -2.05. The average molecular weight is 280 g/mol. The van der Waals surface area contributed by atoms with Gasteiger partial charge in [0.15, 0.2) is 0 Å². The smallest absolute Gasteiger partial charge is 0.269 e. The lowest BCUT2D eigenvalue weighted by Crippen LogP contribution is -2.14. The number of nitrogens with zero attached hydrogens (tertiary/aromatic N) is 1. The summed E-state index contributed by atoms with van der Waals surface area (Å²) in [6.45, 7) is 0. The van der Waals surface area contributed by atoms with Crippen LogP contribution in [0.1, 0.15) is 11.1 Å². The van der Waals surface area contributed by atoms with Gasteiger partial charge in [-0.1, -0.05) is 24.1 Å². The van der Waals surface area contributed by atoms with E-state index in [1.165, 1.54) is 12.1 Å². The molecule has 0 aromatic heterocycles. The number of terminal acetylenes is 1. The molecular weight excluding hydrogens is 268 g/mol. The van der Waals surface area contributed by atoms with Gasteiger partial charge in [0.25, 0.3) is 5.69 Å². The molecule has 21 heavy (non-hydrogen) atoms. The summed E-state index contributed by atoms with van der Waals surface area (Å²) in [6.07, 6.45) is 5.35. The standard InChI is InChI=1S/C16H12N2O3/c1-2-12-5-3-7-14(9-12)17-16(19)11-13-6-4-8-15(10-13)18(20)21/h1,3-10H,11H2,(H,17,19). The third-order valence-electron chi connectivity index (χ3n) is 2.80. The van der Waals surface area contributed by atoms with Crippen LogP contribution in [-0.4, -0.2) is 10.8 Å². The Hall–Kier alpha value is -3.13. The molecule has 0 heterocycles. The predicted octanol–water partition coefficient (Wildman–Crippen LogP) is 2.76. The number of hydrogen-bond donors (Lipinski definition) is 1. The second-order valence-corrected chi connectivity index (χ2v) is 4.38. The van der Waals surface area contributed by atoms with Crippen LogP contribution in [0.15, 0.2) is 48.5 Å². The van der Waals surface area contributed by atoms with Gasteiger partial charge in [-0.25, -0.2) is 0 Å². The third-order valence-corrected chi connectivity index (χ3v) is 2.80. The highest BCUT2D eigenvalue weighted by Crippen LogP contribution is 2.15. The van der Waals surface area contributed by atoms with Crippen LogP contribution >= 0.6 is 0 Å². The number of benzene rings is 2.